The number of nitrogens with two attached hydrogens (primary N) is 1. The second kappa shape index (κ2) is 4.75. The summed E-state index contributed by atoms with van der Waals surface area (Å²) in [6.45, 7) is 3.19. The third kappa shape index (κ3) is 2.26. The van der Waals surface area contributed by atoms with Gasteiger partial charge < -0.3 is 16.0 Å². The first kappa shape index (κ1) is 11.9. The molecule has 2 rings (SSSR count). The predicted molar refractivity (Wildman–Crippen MR) is 65.9 cm³/mol. The molecule has 0 spiro atoms. The predicted octanol–water partition coefficient (Wildman–Crippen LogP) is 0.427. The van der Waals surface area contributed by atoms with Crippen LogP contribution in [-0.4, -0.2) is 35.0 Å². The average Bonchev–Trinajstić information content (AvgIpc) is 2.32. The highest BCUT2D eigenvalue weighted by molar-refractivity contribution is 6.28. The largest absolute Gasteiger partial charge is 0.394 e. The van der Waals surface area contributed by atoms with Gasteiger partial charge in [0.05, 0.1) is 11.9 Å². The molecule has 2 heterocycles. The molecule has 1 fully saturated rings. The molecule has 1 aromatic heterocycles. The van der Waals surface area contributed by atoms with Crippen LogP contribution in [0.25, 0.3) is 0 Å². The second-order valence-electron chi connectivity index (χ2n) is 3.83. The lowest BCUT2D eigenvalue weighted by Gasteiger charge is -2.35. The van der Waals surface area contributed by atoms with E-state index in [-0.39, 0.29) is 17.2 Å². The third-order valence-corrected chi connectivity index (χ3v) is 2.94. The number of amides is 1. The van der Waals surface area contributed by atoms with Gasteiger partial charge in [-0.25, -0.2) is 4.98 Å². The van der Waals surface area contributed by atoms with Crippen LogP contribution in [0.15, 0.2) is 6.20 Å². The summed E-state index contributed by atoms with van der Waals surface area (Å²) in [4.78, 5) is 21.5. The summed E-state index contributed by atoms with van der Waals surface area (Å²) < 4.78 is 0. The van der Waals surface area contributed by atoms with Gasteiger partial charge in [-0.2, -0.15) is 4.98 Å². The van der Waals surface area contributed by atoms with Crippen LogP contribution in [0.3, 0.4) is 0 Å². The van der Waals surface area contributed by atoms with E-state index < -0.39 is 0 Å². The minimum absolute atomic E-state index is 0.00659. The first-order valence-electron chi connectivity index (χ1n) is 5.46. The number of rotatable bonds is 2. The molecular weight excluding hydrogens is 242 g/mol. The summed E-state index contributed by atoms with van der Waals surface area (Å²) in [5.41, 5.74) is 6.26. The van der Waals surface area contributed by atoms with Gasteiger partial charge >= 0.3 is 0 Å². The Kier molecular flexibility index (Phi) is 3.33. The van der Waals surface area contributed by atoms with Gasteiger partial charge in [0.1, 0.15) is 6.04 Å². The molecule has 0 aliphatic carbocycles. The van der Waals surface area contributed by atoms with Gasteiger partial charge in [-0.05, 0) is 18.0 Å². The molecule has 3 N–H and O–H groups in total. The molecule has 0 saturated carbocycles. The molecule has 6 nitrogen and oxygen atoms in total. The van der Waals surface area contributed by atoms with Crippen LogP contribution in [0.5, 0.6) is 0 Å². The Labute approximate surface area is 104 Å². The summed E-state index contributed by atoms with van der Waals surface area (Å²) in [6, 6.07) is -0.253. The number of nitrogens with one attached hydrogen (secondary N) is 1. The van der Waals surface area contributed by atoms with Crippen molar-refractivity contribution in [1.82, 2.24) is 15.3 Å². The SMILES string of the molecule is CCC1C(=O)NCCN1c1nc(Cl)ncc1N. The minimum Gasteiger partial charge on any atom is -0.394 e. The van der Waals surface area contributed by atoms with Gasteiger partial charge in [0.25, 0.3) is 0 Å². The van der Waals surface area contributed by atoms with Crippen molar-refractivity contribution in [2.24, 2.45) is 0 Å². The Morgan fingerprint density at radius 2 is 2.47 bits per heavy atom. The van der Waals surface area contributed by atoms with E-state index in [9.17, 15) is 4.79 Å². The van der Waals surface area contributed by atoms with E-state index in [2.05, 4.69) is 15.3 Å². The lowest BCUT2D eigenvalue weighted by atomic mass is 10.1. The topological polar surface area (TPSA) is 84.1 Å². The highest BCUT2D eigenvalue weighted by Crippen LogP contribution is 2.25. The summed E-state index contributed by atoms with van der Waals surface area (Å²) in [7, 11) is 0. The Balaban J connectivity index is 2.36. The molecule has 0 bridgehead atoms. The van der Waals surface area contributed by atoms with Crippen molar-refractivity contribution in [3.63, 3.8) is 0 Å². The molecule has 1 aliphatic heterocycles. The van der Waals surface area contributed by atoms with Gasteiger partial charge in [0.2, 0.25) is 11.2 Å². The second-order valence-corrected chi connectivity index (χ2v) is 4.16. The van der Waals surface area contributed by atoms with E-state index in [1.165, 1.54) is 6.20 Å². The number of carbonyl (C=O) groups is 1. The summed E-state index contributed by atoms with van der Waals surface area (Å²) in [5.74, 6) is 0.527. The zero-order valence-electron chi connectivity index (χ0n) is 9.48. The van der Waals surface area contributed by atoms with Gasteiger partial charge in [0, 0.05) is 13.1 Å². The van der Waals surface area contributed by atoms with Gasteiger partial charge in [-0.1, -0.05) is 6.92 Å². The number of nitrogen functional groups attached to an aromatic ring is 1. The van der Waals surface area contributed by atoms with Crippen LogP contribution in [0, 0.1) is 0 Å². The van der Waals surface area contributed by atoms with E-state index in [1.807, 2.05) is 11.8 Å². The maximum Gasteiger partial charge on any atom is 0.242 e. The standard InChI is InChI=1S/C10H14ClN5O/c1-2-7-9(17)13-3-4-16(7)8-6(12)5-14-10(11)15-8/h5,7H,2-4,12H2,1H3,(H,13,17). The summed E-state index contributed by atoms with van der Waals surface area (Å²) in [5, 5.41) is 2.95. The fourth-order valence-corrected chi connectivity index (χ4v) is 2.09. The fraction of sp³-hybridized carbons (Fsp3) is 0.500. The molecular formula is C10H14ClN5O. The number of hydrogen-bond donors (Lipinski definition) is 2. The number of piperazine rings is 1. The van der Waals surface area contributed by atoms with E-state index in [0.717, 1.165) is 0 Å². The van der Waals surface area contributed by atoms with Crippen LogP contribution < -0.4 is 16.0 Å². The van der Waals surface area contributed by atoms with E-state index in [1.54, 1.807) is 0 Å². The lowest BCUT2D eigenvalue weighted by molar-refractivity contribution is -0.123. The molecule has 92 valence electrons. The zero-order chi connectivity index (χ0) is 12.4. The van der Waals surface area contributed by atoms with Crippen LogP contribution in [-0.2, 0) is 4.79 Å². The first-order chi connectivity index (χ1) is 8.13. The quantitative estimate of drug-likeness (QED) is 0.749. The van der Waals surface area contributed by atoms with Crippen LogP contribution in [0.2, 0.25) is 5.28 Å². The Hall–Kier alpha value is -1.56. The smallest absolute Gasteiger partial charge is 0.242 e. The molecule has 1 amide bonds. The monoisotopic (exact) mass is 255 g/mol. The molecule has 1 aromatic rings. The van der Waals surface area contributed by atoms with Gasteiger partial charge in [-0.15, -0.1) is 0 Å². The van der Waals surface area contributed by atoms with Crippen molar-refractivity contribution in [3.8, 4) is 0 Å². The number of halogens is 1. The molecule has 1 unspecified atom stereocenters. The van der Waals surface area contributed by atoms with Crippen molar-refractivity contribution in [1.29, 1.82) is 0 Å². The molecule has 0 aromatic carbocycles. The van der Waals surface area contributed by atoms with Gasteiger partial charge in [0.15, 0.2) is 5.82 Å². The summed E-state index contributed by atoms with van der Waals surface area (Å²) >= 11 is 5.76. The van der Waals surface area contributed by atoms with Crippen molar-refractivity contribution >= 4 is 29.0 Å². The number of hydrogen-bond acceptors (Lipinski definition) is 5. The van der Waals surface area contributed by atoms with Crippen molar-refractivity contribution < 1.29 is 4.79 Å². The maximum absolute atomic E-state index is 11.7. The summed E-state index contributed by atoms with van der Waals surface area (Å²) in [6.07, 6.45) is 2.15. The minimum atomic E-state index is -0.253. The van der Waals surface area contributed by atoms with Crippen molar-refractivity contribution in [3.05, 3.63) is 11.5 Å². The first-order valence-corrected chi connectivity index (χ1v) is 5.83. The fourth-order valence-electron chi connectivity index (χ4n) is 1.97. The maximum atomic E-state index is 11.7. The Morgan fingerprint density at radius 3 is 3.18 bits per heavy atom. The molecule has 1 saturated heterocycles. The Morgan fingerprint density at radius 1 is 1.71 bits per heavy atom. The van der Waals surface area contributed by atoms with E-state index in [4.69, 9.17) is 17.3 Å². The van der Waals surface area contributed by atoms with E-state index >= 15 is 0 Å². The highest BCUT2D eigenvalue weighted by Gasteiger charge is 2.30. The van der Waals surface area contributed by atoms with Crippen molar-refractivity contribution in [2.75, 3.05) is 23.7 Å². The van der Waals surface area contributed by atoms with Crippen molar-refractivity contribution in [2.45, 2.75) is 19.4 Å². The normalized spacial score (nSPS) is 20.2. The Bertz CT molecular complexity index is 439. The average molecular weight is 256 g/mol. The number of carbonyl (C=O) groups excluding carboxylic acids is 1. The molecule has 17 heavy (non-hydrogen) atoms. The molecule has 1 aliphatic rings. The lowest BCUT2D eigenvalue weighted by Crippen LogP contribution is -2.55. The molecule has 0 radical (unpaired) electrons. The van der Waals surface area contributed by atoms with Crippen LogP contribution in [0.1, 0.15) is 13.3 Å². The zero-order valence-corrected chi connectivity index (χ0v) is 10.2. The third-order valence-electron chi connectivity index (χ3n) is 2.76. The van der Waals surface area contributed by atoms with E-state index in [0.29, 0.717) is 31.0 Å². The van der Waals surface area contributed by atoms with Crippen LogP contribution >= 0.6 is 11.6 Å². The van der Waals surface area contributed by atoms with Crippen LogP contribution in [0.4, 0.5) is 11.5 Å². The van der Waals surface area contributed by atoms with Gasteiger partial charge in [-0.3, -0.25) is 4.79 Å². The highest BCUT2D eigenvalue weighted by atomic mass is 35.5. The number of aromatic nitrogens is 2. The number of nitrogens with zero attached hydrogens (tertiary/aromatic N) is 3. The molecule has 1 atom stereocenters. The number of anilines is 2. The molecule has 7 heteroatoms.